The first-order valence-corrected chi connectivity index (χ1v) is 6.65. The fourth-order valence-electron chi connectivity index (χ4n) is 2.19. The molecule has 3 heteroatoms. The Balaban J connectivity index is 1.39. The van der Waals surface area contributed by atoms with Crippen molar-refractivity contribution in [3.63, 3.8) is 0 Å². The van der Waals surface area contributed by atoms with Crippen molar-refractivity contribution in [1.29, 1.82) is 0 Å². The highest BCUT2D eigenvalue weighted by Crippen LogP contribution is 2.25. The third-order valence-electron chi connectivity index (χ3n) is 3.46. The average molecular weight is 228 g/mol. The molecular formula is C13H24O3. The van der Waals surface area contributed by atoms with Gasteiger partial charge in [-0.15, -0.1) is 0 Å². The van der Waals surface area contributed by atoms with Crippen molar-refractivity contribution < 1.29 is 14.2 Å². The van der Waals surface area contributed by atoms with Crippen LogP contribution in [0.15, 0.2) is 0 Å². The fourth-order valence-corrected chi connectivity index (χ4v) is 2.19. The molecule has 0 N–H and O–H groups in total. The minimum atomic E-state index is 0.390. The van der Waals surface area contributed by atoms with Crippen LogP contribution in [0.4, 0.5) is 0 Å². The third kappa shape index (κ3) is 4.81. The van der Waals surface area contributed by atoms with Gasteiger partial charge >= 0.3 is 0 Å². The third-order valence-corrected chi connectivity index (χ3v) is 3.46. The summed E-state index contributed by atoms with van der Waals surface area (Å²) in [7, 11) is 0. The molecular weight excluding hydrogens is 204 g/mol. The zero-order valence-electron chi connectivity index (χ0n) is 10.3. The molecule has 0 aromatic heterocycles. The maximum absolute atomic E-state index is 5.84. The van der Waals surface area contributed by atoms with Crippen LogP contribution in [0.2, 0.25) is 0 Å². The Labute approximate surface area is 98.4 Å². The van der Waals surface area contributed by atoms with E-state index in [1.165, 1.54) is 25.7 Å². The van der Waals surface area contributed by atoms with Crippen molar-refractivity contribution in [3.8, 4) is 0 Å². The summed E-state index contributed by atoms with van der Waals surface area (Å²) in [6.45, 7) is 5.65. The van der Waals surface area contributed by atoms with Crippen LogP contribution >= 0.6 is 0 Å². The lowest BCUT2D eigenvalue weighted by molar-refractivity contribution is 0.00604. The van der Waals surface area contributed by atoms with Gasteiger partial charge in [-0.05, 0) is 38.0 Å². The van der Waals surface area contributed by atoms with Crippen LogP contribution in [0.5, 0.6) is 0 Å². The van der Waals surface area contributed by atoms with E-state index in [1.807, 2.05) is 0 Å². The van der Waals surface area contributed by atoms with Crippen molar-refractivity contribution >= 4 is 0 Å². The SMILES string of the molecule is CC1CCC(OCCCOCC2CO2)CC1. The van der Waals surface area contributed by atoms with Crippen LogP contribution in [0.3, 0.4) is 0 Å². The van der Waals surface area contributed by atoms with Gasteiger partial charge in [0.15, 0.2) is 0 Å². The summed E-state index contributed by atoms with van der Waals surface area (Å²) in [5, 5.41) is 0. The zero-order valence-corrected chi connectivity index (χ0v) is 10.3. The lowest BCUT2D eigenvalue weighted by Crippen LogP contribution is -2.21. The quantitative estimate of drug-likeness (QED) is 0.495. The maximum Gasteiger partial charge on any atom is 0.104 e. The van der Waals surface area contributed by atoms with E-state index < -0.39 is 0 Å². The number of epoxide rings is 1. The van der Waals surface area contributed by atoms with Gasteiger partial charge in [-0.25, -0.2) is 0 Å². The molecule has 1 saturated carbocycles. The Bertz CT molecular complexity index is 184. The van der Waals surface area contributed by atoms with Gasteiger partial charge in [0.1, 0.15) is 6.10 Å². The van der Waals surface area contributed by atoms with Gasteiger partial charge in [0.05, 0.1) is 19.3 Å². The van der Waals surface area contributed by atoms with Gasteiger partial charge in [0.25, 0.3) is 0 Å². The summed E-state index contributed by atoms with van der Waals surface area (Å²) < 4.78 is 16.4. The summed E-state index contributed by atoms with van der Waals surface area (Å²) >= 11 is 0. The van der Waals surface area contributed by atoms with Gasteiger partial charge in [-0.1, -0.05) is 6.92 Å². The molecule has 2 fully saturated rings. The molecule has 1 heterocycles. The summed E-state index contributed by atoms with van der Waals surface area (Å²) in [4.78, 5) is 0. The van der Waals surface area contributed by atoms with E-state index in [2.05, 4.69) is 6.92 Å². The number of ether oxygens (including phenoxy) is 3. The largest absolute Gasteiger partial charge is 0.379 e. The molecule has 0 amide bonds. The Morgan fingerprint density at radius 2 is 1.88 bits per heavy atom. The van der Waals surface area contributed by atoms with E-state index >= 15 is 0 Å². The minimum absolute atomic E-state index is 0.390. The van der Waals surface area contributed by atoms with E-state index in [4.69, 9.17) is 14.2 Å². The summed E-state index contributed by atoms with van der Waals surface area (Å²) in [5.74, 6) is 0.904. The fraction of sp³-hybridized carbons (Fsp3) is 1.00. The highest BCUT2D eigenvalue weighted by Gasteiger charge is 2.22. The van der Waals surface area contributed by atoms with Crippen LogP contribution < -0.4 is 0 Å². The minimum Gasteiger partial charge on any atom is -0.379 e. The molecule has 3 nitrogen and oxygen atoms in total. The van der Waals surface area contributed by atoms with Crippen molar-refractivity contribution in [2.24, 2.45) is 5.92 Å². The average Bonchev–Trinajstić information content (AvgIpc) is 3.10. The van der Waals surface area contributed by atoms with Crippen LogP contribution in [0.1, 0.15) is 39.0 Å². The van der Waals surface area contributed by atoms with E-state index in [0.29, 0.717) is 12.2 Å². The smallest absolute Gasteiger partial charge is 0.104 e. The molecule has 1 saturated heterocycles. The first kappa shape index (κ1) is 12.3. The second-order valence-electron chi connectivity index (χ2n) is 5.14. The first-order chi connectivity index (χ1) is 7.84. The predicted octanol–water partition coefficient (Wildman–Crippen LogP) is 2.39. The normalized spacial score (nSPS) is 33.9. The molecule has 2 aliphatic rings. The van der Waals surface area contributed by atoms with Crippen LogP contribution in [0, 0.1) is 5.92 Å². The molecule has 0 bridgehead atoms. The molecule has 16 heavy (non-hydrogen) atoms. The van der Waals surface area contributed by atoms with E-state index in [9.17, 15) is 0 Å². The standard InChI is InChI=1S/C13H24O3/c1-11-3-5-12(6-4-11)15-8-2-7-14-9-13-10-16-13/h11-13H,2-10H2,1H3. The molecule has 1 aliphatic carbocycles. The molecule has 1 aliphatic heterocycles. The molecule has 0 aromatic carbocycles. The molecule has 0 aromatic rings. The number of hydrogen-bond acceptors (Lipinski definition) is 3. The van der Waals surface area contributed by atoms with Gasteiger partial charge in [-0.2, -0.15) is 0 Å². The Morgan fingerprint density at radius 3 is 2.56 bits per heavy atom. The van der Waals surface area contributed by atoms with Crippen molar-refractivity contribution in [1.82, 2.24) is 0 Å². The van der Waals surface area contributed by atoms with Crippen LogP contribution in [0.25, 0.3) is 0 Å². The van der Waals surface area contributed by atoms with Crippen molar-refractivity contribution in [2.75, 3.05) is 26.4 Å². The maximum atomic E-state index is 5.84. The lowest BCUT2D eigenvalue weighted by Gasteiger charge is -2.26. The molecule has 1 unspecified atom stereocenters. The van der Waals surface area contributed by atoms with E-state index in [1.54, 1.807) is 0 Å². The predicted molar refractivity (Wildman–Crippen MR) is 62.5 cm³/mol. The van der Waals surface area contributed by atoms with Crippen LogP contribution in [-0.4, -0.2) is 38.6 Å². The first-order valence-electron chi connectivity index (χ1n) is 6.65. The van der Waals surface area contributed by atoms with E-state index in [-0.39, 0.29) is 0 Å². The van der Waals surface area contributed by atoms with Gasteiger partial charge in [0, 0.05) is 13.2 Å². The monoisotopic (exact) mass is 228 g/mol. The van der Waals surface area contributed by atoms with Crippen molar-refractivity contribution in [3.05, 3.63) is 0 Å². The molecule has 0 spiro atoms. The van der Waals surface area contributed by atoms with Crippen molar-refractivity contribution in [2.45, 2.75) is 51.2 Å². The second-order valence-corrected chi connectivity index (χ2v) is 5.14. The Kier molecular flexibility index (Phi) is 5.07. The highest BCUT2D eigenvalue weighted by atomic mass is 16.6. The number of rotatable bonds is 7. The molecule has 1 atom stereocenters. The topological polar surface area (TPSA) is 31.0 Å². The van der Waals surface area contributed by atoms with Crippen LogP contribution in [-0.2, 0) is 14.2 Å². The Morgan fingerprint density at radius 1 is 1.12 bits per heavy atom. The zero-order chi connectivity index (χ0) is 11.2. The Hall–Kier alpha value is -0.120. The highest BCUT2D eigenvalue weighted by molar-refractivity contribution is 4.70. The summed E-state index contributed by atoms with van der Waals surface area (Å²) in [5.41, 5.74) is 0. The van der Waals surface area contributed by atoms with Gasteiger partial charge in [0.2, 0.25) is 0 Å². The number of hydrogen-bond donors (Lipinski definition) is 0. The van der Waals surface area contributed by atoms with Gasteiger partial charge in [-0.3, -0.25) is 0 Å². The second kappa shape index (κ2) is 6.58. The molecule has 0 radical (unpaired) electrons. The summed E-state index contributed by atoms with van der Waals surface area (Å²) in [6, 6.07) is 0. The molecule has 2 rings (SSSR count). The molecule has 94 valence electrons. The van der Waals surface area contributed by atoms with E-state index in [0.717, 1.165) is 38.8 Å². The van der Waals surface area contributed by atoms with Gasteiger partial charge < -0.3 is 14.2 Å². The lowest BCUT2D eigenvalue weighted by atomic mass is 9.89. The summed E-state index contributed by atoms with van der Waals surface area (Å²) in [6.07, 6.45) is 7.08.